The zero-order valence-corrected chi connectivity index (χ0v) is 20.6. The molecule has 0 aliphatic carbocycles. The summed E-state index contributed by atoms with van der Waals surface area (Å²) in [5.41, 5.74) is 1.92. The highest BCUT2D eigenvalue weighted by Gasteiger charge is 2.36. The fraction of sp³-hybridized carbons (Fsp3) is 0.308. The van der Waals surface area contributed by atoms with E-state index in [4.69, 9.17) is 14.2 Å². The number of ether oxygens (including phenoxy) is 3. The van der Waals surface area contributed by atoms with Crippen LogP contribution in [0.1, 0.15) is 43.9 Å². The molecule has 1 aliphatic heterocycles. The van der Waals surface area contributed by atoms with Gasteiger partial charge in [-0.1, -0.05) is 31.2 Å². The van der Waals surface area contributed by atoms with Gasteiger partial charge in [0.25, 0.3) is 11.1 Å². The highest BCUT2D eigenvalue weighted by Crippen LogP contribution is 2.35. The van der Waals surface area contributed by atoms with Crippen molar-refractivity contribution >= 4 is 35.0 Å². The molecule has 0 spiro atoms. The number of nitrogens with zero attached hydrogens (tertiary/aromatic N) is 2. The maximum atomic E-state index is 12.7. The van der Waals surface area contributed by atoms with E-state index in [1.807, 2.05) is 26.0 Å². The lowest BCUT2D eigenvalue weighted by Crippen LogP contribution is -2.35. The quantitative estimate of drug-likeness (QED) is 0.339. The monoisotopic (exact) mass is 494 g/mol. The van der Waals surface area contributed by atoms with E-state index >= 15 is 0 Å². The number of rotatable bonds is 10. The average Bonchev–Trinajstić information content (AvgIpc) is 3.11. The molecule has 0 radical (unpaired) electrons. The molecule has 1 aliphatic rings. The molecule has 0 bridgehead atoms. The summed E-state index contributed by atoms with van der Waals surface area (Å²) in [6.45, 7) is 5.62. The molecule has 0 saturated carbocycles. The van der Waals surface area contributed by atoms with Crippen LogP contribution in [-0.4, -0.2) is 41.3 Å². The summed E-state index contributed by atoms with van der Waals surface area (Å²) in [7, 11) is 0. The van der Waals surface area contributed by atoms with E-state index in [1.54, 1.807) is 43.3 Å². The fourth-order valence-electron chi connectivity index (χ4n) is 3.17. The zero-order valence-electron chi connectivity index (χ0n) is 19.8. The molecule has 2 amide bonds. The minimum Gasteiger partial charge on any atom is -0.490 e. The smallest absolute Gasteiger partial charge is 0.326 e. The van der Waals surface area contributed by atoms with Crippen molar-refractivity contribution in [3.05, 3.63) is 64.1 Å². The van der Waals surface area contributed by atoms with Gasteiger partial charge in [0.2, 0.25) is 0 Å². The molecular weight excluding hydrogens is 468 g/mol. The number of thioether (sulfide) groups is 1. The maximum Gasteiger partial charge on any atom is 0.326 e. The molecule has 35 heavy (non-hydrogen) atoms. The average molecular weight is 495 g/mol. The van der Waals surface area contributed by atoms with Crippen LogP contribution in [0.4, 0.5) is 4.79 Å². The first-order valence-electron chi connectivity index (χ1n) is 11.2. The molecule has 2 aromatic carbocycles. The summed E-state index contributed by atoms with van der Waals surface area (Å²) in [5.74, 6) is -0.224. The molecule has 2 aromatic rings. The van der Waals surface area contributed by atoms with Crippen molar-refractivity contribution in [3.63, 3.8) is 0 Å². The molecule has 3 rings (SSSR count). The Bertz CT molecular complexity index is 1190. The van der Waals surface area contributed by atoms with Crippen LogP contribution < -0.4 is 9.47 Å². The van der Waals surface area contributed by atoms with Crippen molar-refractivity contribution in [2.75, 3.05) is 13.2 Å². The Kier molecular flexibility index (Phi) is 8.92. The lowest BCUT2D eigenvalue weighted by Gasteiger charge is -2.15. The van der Waals surface area contributed by atoms with Crippen LogP contribution in [-0.2, 0) is 20.9 Å². The van der Waals surface area contributed by atoms with Crippen molar-refractivity contribution in [2.24, 2.45) is 0 Å². The fourth-order valence-corrected chi connectivity index (χ4v) is 4.01. The van der Waals surface area contributed by atoms with Crippen molar-refractivity contribution in [1.82, 2.24) is 4.90 Å². The minimum absolute atomic E-state index is 0.189. The normalized spacial score (nSPS) is 15.1. The minimum atomic E-state index is -0.624. The second-order valence-electron chi connectivity index (χ2n) is 7.67. The molecular formula is C26H26N2O6S. The van der Waals surface area contributed by atoms with E-state index < -0.39 is 23.7 Å². The predicted molar refractivity (Wildman–Crippen MR) is 132 cm³/mol. The molecule has 182 valence electrons. The summed E-state index contributed by atoms with van der Waals surface area (Å²) < 4.78 is 16.8. The number of amides is 2. The van der Waals surface area contributed by atoms with Gasteiger partial charge in [-0.3, -0.25) is 19.3 Å². The van der Waals surface area contributed by atoms with E-state index in [1.165, 1.54) is 0 Å². The van der Waals surface area contributed by atoms with Gasteiger partial charge in [-0.05, 0) is 61.9 Å². The molecule has 1 fully saturated rings. The first kappa shape index (κ1) is 25.8. The number of carbonyl (C=O) groups excluding carboxylic acids is 3. The van der Waals surface area contributed by atoms with Crippen molar-refractivity contribution < 1.29 is 28.6 Å². The second-order valence-corrected chi connectivity index (χ2v) is 8.67. The highest BCUT2D eigenvalue weighted by atomic mass is 32.2. The topological polar surface area (TPSA) is 106 Å². The number of hydrogen-bond acceptors (Lipinski definition) is 8. The highest BCUT2D eigenvalue weighted by molar-refractivity contribution is 8.18. The molecule has 8 nitrogen and oxygen atoms in total. The maximum absolute atomic E-state index is 12.7. The van der Waals surface area contributed by atoms with Crippen molar-refractivity contribution in [2.45, 2.75) is 39.9 Å². The first-order chi connectivity index (χ1) is 16.9. The van der Waals surface area contributed by atoms with E-state index in [0.717, 1.165) is 22.2 Å². The van der Waals surface area contributed by atoms with Gasteiger partial charge in [0.15, 0.2) is 11.5 Å². The van der Waals surface area contributed by atoms with Gasteiger partial charge < -0.3 is 14.2 Å². The van der Waals surface area contributed by atoms with E-state index in [0.29, 0.717) is 35.7 Å². The van der Waals surface area contributed by atoms with Crippen molar-refractivity contribution in [1.29, 1.82) is 5.26 Å². The van der Waals surface area contributed by atoms with Gasteiger partial charge in [-0.2, -0.15) is 5.26 Å². The first-order valence-corrected chi connectivity index (χ1v) is 12.0. The third-order valence-electron chi connectivity index (χ3n) is 5.15. The lowest BCUT2D eigenvalue weighted by molar-refractivity contribution is -0.150. The SMILES string of the molecule is CCOc1cc(/C=C2/SC(=O)N(CC(=O)O[C@H](C)CC)C2=O)ccc1OCc1ccccc1C#N. The van der Waals surface area contributed by atoms with Crippen LogP contribution in [0.15, 0.2) is 47.4 Å². The molecule has 0 aromatic heterocycles. The summed E-state index contributed by atoms with van der Waals surface area (Å²) in [6, 6.07) is 14.5. The molecule has 1 saturated heterocycles. The van der Waals surface area contributed by atoms with Gasteiger partial charge in [0.1, 0.15) is 13.2 Å². The Morgan fingerprint density at radius 1 is 1.14 bits per heavy atom. The summed E-state index contributed by atoms with van der Waals surface area (Å²) in [6.07, 6.45) is 1.92. The zero-order chi connectivity index (χ0) is 25.4. The molecule has 0 N–H and O–H groups in total. The number of benzene rings is 2. The standard InChI is InChI=1S/C26H26N2O6S/c1-4-17(3)34-24(29)15-28-25(30)23(35-26(28)31)13-18-10-11-21(22(12-18)32-5-2)33-16-20-9-7-6-8-19(20)14-27/h6-13,17H,4-5,15-16H2,1-3H3/b23-13+/t17-/m1/s1. The Balaban J connectivity index is 1.75. The number of hydrogen-bond donors (Lipinski definition) is 0. The Labute approximate surface area is 208 Å². The largest absolute Gasteiger partial charge is 0.490 e. The number of esters is 1. The van der Waals surface area contributed by atoms with Crippen LogP contribution in [0, 0.1) is 11.3 Å². The molecule has 1 atom stereocenters. The molecule has 0 unspecified atom stereocenters. The summed E-state index contributed by atoms with van der Waals surface area (Å²) in [5, 5.41) is 8.74. The Morgan fingerprint density at radius 2 is 1.91 bits per heavy atom. The van der Waals surface area contributed by atoms with Gasteiger partial charge >= 0.3 is 5.97 Å². The number of carbonyl (C=O) groups is 3. The van der Waals surface area contributed by atoms with Crippen LogP contribution >= 0.6 is 11.8 Å². The number of imide groups is 1. The predicted octanol–water partition coefficient (Wildman–Crippen LogP) is 4.91. The van der Waals surface area contributed by atoms with Crippen LogP contribution in [0.2, 0.25) is 0 Å². The molecule has 1 heterocycles. The summed E-state index contributed by atoms with van der Waals surface area (Å²) >= 11 is 0.766. The van der Waals surface area contributed by atoms with E-state index in [9.17, 15) is 19.6 Å². The second kappa shape index (κ2) is 12.1. The summed E-state index contributed by atoms with van der Waals surface area (Å²) in [4.78, 5) is 38.2. The van der Waals surface area contributed by atoms with Crippen molar-refractivity contribution in [3.8, 4) is 17.6 Å². The molecule has 9 heteroatoms. The van der Waals surface area contributed by atoms with Crippen LogP contribution in [0.3, 0.4) is 0 Å². The van der Waals surface area contributed by atoms with Gasteiger partial charge in [-0.15, -0.1) is 0 Å². The Hall–Kier alpha value is -3.77. The van der Waals surface area contributed by atoms with E-state index in [-0.39, 0.29) is 17.6 Å². The third-order valence-corrected chi connectivity index (χ3v) is 6.06. The van der Waals surface area contributed by atoms with Gasteiger partial charge in [0.05, 0.1) is 29.2 Å². The van der Waals surface area contributed by atoms with Gasteiger partial charge in [-0.25, -0.2) is 0 Å². The van der Waals surface area contributed by atoms with E-state index in [2.05, 4.69) is 6.07 Å². The lowest BCUT2D eigenvalue weighted by atomic mass is 10.1. The third kappa shape index (κ3) is 6.64. The van der Waals surface area contributed by atoms with Crippen LogP contribution in [0.5, 0.6) is 11.5 Å². The Morgan fingerprint density at radius 3 is 2.63 bits per heavy atom. The van der Waals surface area contributed by atoms with Crippen LogP contribution in [0.25, 0.3) is 6.08 Å². The number of nitriles is 1. The van der Waals surface area contributed by atoms with Gasteiger partial charge in [0, 0.05) is 5.56 Å².